The van der Waals surface area contributed by atoms with Gasteiger partial charge in [0.15, 0.2) is 0 Å². The van der Waals surface area contributed by atoms with Gasteiger partial charge in [0, 0.05) is 15.6 Å². The van der Waals surface area contributed by atoms with Crippen LogP contribution in [0, 0.1) is 3.57 Å². The van der Waals surface area contributed by atoms with E-state index in [9.17, 15) is 0 Å². The van der Waals surface area contributed by atoms with Crippen molar-refractivity contribution in [3.05, 3.63) is 44.8 Å². The Labute approximate surface area is 114 Å². The third-order valence-corrected chi connectivity index (χ3v) is 4.88. The Balaban J connectivity index is 2.30. The molecule has 0 unspecified atom stereocenters. The van der Waals surface area contributed by atoms with Gasteiger partial charge in [-0.2, -0.15) is 0 Å². The van der Waals surface area contributed by atoms with E-state index in [1.807, 2.05) is 24.4 Å². The molecule has 0 saturated heterocycles. The van der Waals surface area contributed by atoms with Crippen molar-refractivity contribution in [3.63, 3.8) is 0 Å². The van der Waals surface area contributed by atoms with Gasteiger partial charge in [0.25, 0.3) is 0 Å². The molecule has 0 aliphatic rings. The molecule has 0 fully saturated rings. The summed E-state index contributed by atoms with van der Waals surface area (Å²) in [6.07, 6.45) is 3.38. The van der Waals surface area contributed by atoms with Crippen molar-refractivity contribution in [1.29, 1.82) is 0 Å². The van der Waals surface area contributed by atoms with E-state index < -0.39 is 0 Å². The number of hydrogen-bond donors (Lipinski definition) is 0. The molecular formula is C10H6BrIN2S. The van der Waals surface area contributed by atoms with E-state index in [1.54, 1.807) is 18.1 Å². The molecule has 0 spiro atoms. The fraction of sp³-hybridized carbons (Fsp3) is 0. The van der Waals surface area contributed by atoms with Gasteiger partial charge in [-0.1, -0.05) is 23.9 Å². The van der Waals surface area contributed by atoms with Crippen LogP contribution in [0.3, 0.4) is 0 Å². The monoisotopic (exact) mass is 392 g/mol. The number of halogens is 2. The Morgan fingerprint density at radius 2 is 2.07 bits per heavy atom. The minimum atomic E-state index is 0.984. The lowest BCUT2D eigenvalue weighted by Gasteiger charge is -2.03. The Morgan fingerprint density at radius 3 is 2.80 bits per heavy atom. The molecule has 15 heavy (non-hydrogen) atoms. The fourth-order valence-corrected chi connectivity index (χ4v) is 2.94. The van der Waals surface area contributed by atoms with Gasteiger partial charge in [-0.25, -0.2) is 9.97 Å². The Morgan fingerprint density at radius 1 is 1.27 bits per heavy atom. The summed E-state index contributed by atoms with van der Waals surface area (Å²) in [5, 5.41) is 0.984. The van der Waals surface area contributed by atoms with Gasteiger partial charge in [-0.15, -0.1) is 0 Å². The molecule has 0 saturated carbocycles. The maximum absolute atomic E-state index is 4.24. The van der Waals surface area contributed by atoms with Crippen LogP contribution in [0.5, 0.6) is 0 Å². The zero-order valence-electron chi connectivity index (χ0n) is 7.52. The first-order chi connectivity index (χ1) is 7.27. The van der Waals surface area contributed by atoms with Gasteiger partial charge in [0.05, 0.1) is 3.57 Å². The summed E-state index contributed by atoms with van der Waals surface area (Å²) >= 11 is 7.38. The predicted molar refractivity (Wildman–Crippen MR) is 73.0 cm³/mol. The summed E-state index contributed by atoms with van der Waals surface area (Å²) in [5.74, 6) is 0. The smallest absolute Gasteiger partial charge is 0.118 e. The molecule has 0 N–H and O–H groups in total. The van der Waals surface area contributed by atoms with Crippen LogP contribution in [0.25, 0.3) is 0 Å². The Kier molecular flexibility index (Phi) is 3.99. The molecule has 0 atom stereocenters. The second kappa shape index (κ2) is 5.27. The zero-order chi connectivity index (χ0) is 10.7. The molecule has 5 heteroatoms. The van der Waals surface area contributed by atoms with Crippen molar-refractivity contribution < 1.29 is 0 Å². The zero-order valence-corrected chi connectivity index (χ0v) is 12.1. The third kappa shape index (κ3) is 2.92. The highest BCUT2D eigenvalue weighted by molar-refractivity contribution is 14.1. The quantitative estimate of drug-likeness (QED) is 0.570. The molecular weight excluding hydrogens is 387 g/mol. The lowest BCUT2D eigenvalue weighted by molar-refractivity contribution is 1.02. The van der Waals surface area contributed by atoms with Crippen molar-refractivity contribution >= 4 is 50.3 Å². The molecule has 2 nitrogen and oxygen atoms in total. The number of rotatable bonds is 2. The van der Waals surface area contributed by atoms with Gasteiger partial charge in [-0.3, -0.25) is 0 Å². The number of benzene rings is 1. The van der Waals surface area contributed by atoms with E-state index in [4.69, 9.17) is 0 Å². The summed E-state index contributed by atoms with van der Waals surface area (Å²) in [5.41, 5.74) is 0. The number of hydrogen-bond acceptors (Lipinski definition) is 3. The van der Waals surface area contributed by atoms with Crippen molar-refractivity contribution in [2.75, 3.05) is 0 Å². The van der Waals surface area contributed by atoms with Crippen molar-refractivity contribution in [2.45, 2.75) is 9.92 Å². The van der Waals surface area contributed by atoms with Crippen LogP contribution in [0.2, 0.25) is 0 Å². The van der Waals surface area contributed by atoms with E-state index in [0.29, 0.717) is 0 Å². The number of aromatic nitrogens is 2. The predicted octanol–water partition coefficient (Wildman–Crippen LogP) is 3.99. The van der Waals surface area contributed by atoms with Crippen LogP contribution >= 0.6 is 50.3 Å². The number of nitrogens with zero attached hydrogens (tertiary/aromatic N) is 2. The van der Waals surface area contributed by atoms with Crippen molar-refractivity contribution in [1.82, 2.24) is 9.97 Å². The van der Waals surface area contributed by atoms with E-state index in [1.165, 1.54) is 0 Å². The second-order valence-corrected chi connectivity index (χ2v) is 5.76. The van der Waals surface area contributed by atoms with E-state index in [-0.39, 0.29) is 0 Å². The molecule has 0 amide bonds. The highest BCUT2D eigenvalue weighted by Crippen LogP contribution is 2.33. The lowest BCUT2D eigenvalue weighted by atomic mass is 10.4. The summed E-state index contributed by atoms with van der Waals surface area (Å²) in [6, 6.07) is 8.10. The summed E-state index contributed by atoms with van der Waals surface area (Å²) in [6.45, 7) is 0. The average Bonchev–Trinajstić information content (AvgIpc) is 2.24. The van der Waals surface area contributed by atoms with Crippen LogP contribution in [-0.2, 0) is 0 Å². The first-order valence-electron chi connectivity index (χ1n) is 4.15. The van der Waals surface area contributed by atoms with E-state index in [2.05, 4.69) is 54.6 Å². The molecule has 1 heterocycles. The van der Waals surface area contributed by atoms with Crippen LogP contribution in [0.15, 0.2) is 51.2 Å². The van der Waals surface area contributed by atoms with Gasteiger partial charge in [0.2, 0.25) is 0 Å². The average molecular weight is 393 g/mol. The summed E-state index contributed by atoms with van der Waals surface area (Å²) in [4.78, 5) is 9.36. The highest BCUT2D eigenvalue weighted by atomic mass is 127. The van der Waals surface area contributed by atoms with Gasteiger partial charge in [0.1, 0.15) is 11.4 Å². The largest absolute Gasteiger partial charge is 0.244 e. The van der Waals surface area contributed by atoms with Crippen LogP contribution in [0.4, 0.5) is 0 Å². The Hall–Kier alpha value is -0.140. The van der Waals surface area contributed by atoms with Crippen LogP contribution in [-0.4, -0.2) is 9.97 Å². The van der Waals surface area contributed by atoms with Gasteiger partial charge in [-0.05, 0) is 50.7 Å². The molecule has 1 aromatic heterocycles. The van der Waals surface area contributed by atoms with E-state index >= 15 is 0 Å². The Bertz CT molecular complexity index is 435. The first kappa shape index (κ1) is 11.3. The molecule has 0 aliphatic heterocycles. The second-order valence-electron chi connectivity index (χ2n) is 2.71. The van der Waals surface area contributed by atoms with Crippen LogP contribution < -0.4 is 0 Å². The molecule has 0 aliphatic carbocycles. The van der Waals surface area contributed by atoms with Crippen molar-refractivity contribution in [2.24, 2.45) is 0 Å². The molecule has 76 valence electrons. The molecule has 0 bridgehead atoms. The lowest BCUT2D eigenvalue weighted by Crippen LogP contribution is -1.86. The molecule has 0 radical (unpaired) electrons. The van der Waals surface area contributed by atoms with Crippen molar-refractivity contribution in [3.8, 4) is 0 Å². The van der Waals surface area contributed by atoms with Gasteiger partial charge >= 0.3 is 0 Å². The topological polar surface area (TPSA) is 25.8 Å². The van der Waals surface area contributed by atoms with Gasteiger partial charge < -0.3 is 0 Å². The third-order valence-electron chi connectivity index (χ3n) is 1.68. The van der Waals surface area contributed by atoms with E-state index in [0.717, 1.165) is 18.0 Å². The standard InChI is InChI=1S/C10H6BrIN2S/c11-7-3-1-2-4-9(7)15-10-8(12)5-13-6-14-10/h1-6H. The minimum Gasteiger partial charge on any atom is -0.244 e. The first-order valence-corrected chi connectivity index (χ1v) is 6.84. The van der Waals surface area contributed by atoms with Crippen LogP contribution in [0.1, 0.15) is 0 Å². The normalized spacial score (nSPS) is 10.3. The minimum absolute atomic E-state index is 0.984. The summed E-state index contributed by atoms with van der Waals surface area (Å²) < 4.78 is 2.15. The molecule has 2 aromatic rings. The fourth-order valence-electron chi connectivity index (χ4n) is 1.01. The molecule has 2 rings (SSSR count). The SMILES string of the molecule is Brc1ccccc1Sc1ncncc1I. The highest BCUT2D eigenvalue weighted by Gasteiger charge is 2.05. The molecule has 1 aromatic carbocycles. The maximum Gasteiger partial charge on any atom is 0.118 e. The summed E-state index contributed by atoms with van der Waals surface area (Å²) in [7, 11) is 0. The maximum atomic E-state index is 4.24.